The fourth-order valence-corrected chi connectivity index (χ4v) is 2.85. The molecule has 1 heterocycles. The van der Waals surface area contributed by atoms with E-state index in [0.29, 0.717) is 19.7 Å². The van der Waals surface area contributed by atoms with Crippen LogP contribution in [0.1, 0.15) is 16.7 Å². The smallest absolute Gasteiger partial charge is 0.410 e. The molecule has 4 nitrogen and oxygen atoms in total. The quantitative estimate of drug-likeness (QED) is 0.757. The summed E-state index contributed by atoms with van der Waals surface area (Å²) in [6, 6.07) is 15.7. The van der Waals surface area contributed by atoms with Gasteiger partial charge >= 0.3 is 6.09 Å². The molecule has 3 rings (SSSR count). The fraction of sp³-hybridized carbons (Fsp3) is 0.278. The largest absolute Gasteiger partial charge is 0.491 e. The summed E-state index contributed by atoms with van der Waals surface area (Å²) in [6.45, 7) is 1.78. The van der Waals surface area contributed by atoms with Crippen molar-refractivity contribution >= 4 is 22.0 Å². The Morgan fingerprint density at radius 3 is 2.78 bits per heavy atom. The van der Waals surface area contributed by atoms with Crippen LogP contribution in [-0.4, -0.2) is 24.1 Å². The van der Waals surface area contributed by atoms with Crippen molar-refractivity contribution in [3.8, 4) is 5.75 Å². The highest BCUT2D eigenvalue weighted by atomic mass is 79.9. The minimum Gasteiger partial charge on any atom is -0.491 e. The molecule has 0 aliphatic carbocycles. The molecular weight excluding hydrogens is 358 g/mol. The molecule has 0 aromatic heterocycles. The second kappa shape index (κ2) is 7.51. The Labute approximate surface area is 144 Å². The van der Waals surface area contributed by atoms with Crippen LogP contribution in [0.3, 0.4) is 0 Å². The number of halogens is 1. The van der Waals surface area contributed by atoms with Gasteiger partial charge in [-0.3, -0.25) is 0 Å². The third kappa shape index (κ3) is 4.05. The van der Waals surface area contributed by atoms with E-state index in [0.717, 1.165) is 27.8 Å². The number of alkyl halides is 1. The Morgan fingerprint density at radius 1 is 1.17 bits per heavy atom. The van der Waals surface area contributed by atoms with E-state index in [4.69, 9.17) is 9.47 Å². The van der Waals surface area contributed by atoms with Gasteiger partial charge in [0.05, 0.1) is 13.1 Å². The molecule has 0 fully saturated rings. The average molecular weight is 376 g/mol. The molecule has 0 saturated carbocycles. The highest BCUT2D eigenvalue weighted by Gasteiger charge is 2.21. The highest BCUT2D eigenvalue weighted by Crippen LogP contribution is 2.25. The normalized spacial score (nSPS) is 13.7. The van der Waals surface area contributed by atoms with E-state index in [1.807, 2.05) is 42.5 Å². The first-order chi connectivity index (χ1) is 11.3. The molecule has 5 heteroatoms. The maximum atomic E-state index is 12.3. The van der Waals surface area contributed by atoms with Crippen molar-refractivity contribution in [2.45, 2.75) is 18.5 Å². The Bertz CT molecular complexity index is 675. The number of nitrogens with zero attached hydrogens (tertiary/aromatic N) is 1. The van der Waals surface area contributed by atoms with Crippen molar-refractivity contribution in [1.29, 1.82) is 0 Å². The Kier molecular flexibility index (Phi) is 5.18. The van der Waals surface area contributed by atoms with Crippen LogP contribution in [0.25, 0.3) is 0 Å². The van der Waals surface area contributed by atoms with Gasteiger partial charge in [0.2, 0.25) is 0 Å². The molecule has 2 aromatic carbocycles. The second-order valence-electron chi connectivity index (χ2n) is 5.39. The molecule has 0 unspecified atom stereocenters. The molecule has 1 aliphatic rings. The summed E-state index contributed by atoms with van der Waals surface area (Å²) in [6.07, 6.45) is -0.311. The lowest BCUT2D eigenvalue weighted by Gasteiger charge is -2.19. The maximum Gasteiger partial charge on any atom is 0.410 e. The SMILES string of the molecule is O=C(OCc1ccccc1)N1CCOc2ccc(CBr)cc2C1. The van der Waals surface area contributed by atoms with E-state index in [9.17, 15) is 4.79 Å². The van der Waals surface area contributed by atoms with Crippen LogP contribution in [0.4, 0.5) is 4.79 Å². The van der Waals surface area contributed by atoms with Gasteiger partial charge in [-0.2, -0.15) is 0 Å². The first-order valence-electron chi connectivity index (χ1n) is 7.52. The predicted molar refractivity (Wildman–Crippen MR) is 91.6 cm³/mol. The van der Waals surface area contributed by atoms with E-state index >= 15 is 0 Å². The van der Waals surface area contributed by atoms with Crippen molar-refractivity contribution in [2.75, 3.05) is 13.2 Å². The van der Waals surface area contributed by atoms with Gasteiger partial charge in [-0.05, 0) is 23.3 Å². The van der Waals surface area contributed by atoms with E-state index in [2.05, 4.69) is 22.0 Å². The lowest BCUT2D eigenvalue weighted by Crippen LogP contribution is -2.32. The number of carbonyl (C=O) groups is 1. The molecule has 0 spiro atoms. The minimum absolute atomic E-state index is 0.283. The van der Waals surface area contributed by atoms with Gasteiger partial charge in [0.15, 0.2) is 0 Å². The number of benzene rings is 2. The summed E-state index contributed by atoms with van der Waals surface area (Å²) >= 11 is 3.45. The summed E-state index contributed by atoms with van der Waals surface area (Å²) in [4.78, 5) is 14.0. The Morgan fingerprint density at radius 2 is 2.00 bits per heavy atom. The maximum absolute atomic E-state index is 12.3. The van der Waals surface area contributed by atoms with E-state index in [1.165, 1.54) is 0 Å². The molecule has 0 N–H and O–H groups in total. The van der Waals surface area contributed by atoms with Gasteiger partial charge in [-0.25, -0.2) is 4.79 Å². The van der Waals surface area contributed by atoms with Crippen LogP contribution in [0, 0.1) is 0 Å². The van der Waals surface area contributed by atoms with Gasteiger partial charge in [-0.1, -0.05) is 52.3 Å². The van der Waals surface area contributed by atoms with Gasteiger partial charge in [0.1, 0.15) is 19.0 Å². The molecule has 120 valence electrons. The first-order valence-corrected chi connectivity index (χ1v) is 8.64. The Balaban J connectivity index is 1.66. The topological polar surface area (TPSA) is 38.8 Å². The van der Waals surface area contributed by atoms with Crippen molar-refractivity contribution in [1.82, 2.24) is 4.90 Å². The number of ether oxygens (including phenoxy) is 2. The van der Waals surface area contributed by atoms with Crippen LogP contribution < -0.4 is 4.74 Å². The van der Waals surface area contributed by atoms with E-state index < -0.39 is 0 Å². The molecule has 0 atom stereocenters. The fourth-order valence-electron chi connectivity index (χ4n) is 2.50. The van der Waals surface area contributed by atoms with Crippen LogP contribution in [-0.2, 0) is 23.2 Å². The molecule has 0 radical (unpaired) electrons. The second-order valence-corrected chi connectivity index (χ2v) is 5.95. The van der Waals surface area contributed by atoms with Crippen molar-refractivity contribution < 1.29 is 14.3 Å². The summed E-state index contributed by atoms with van der Waals surface area (Å²) in [7, 11) is 0. The van der Waals surface area contributed by atoms with Crippen LogP contribution in [0.15, 0.2) is 48.5 Å². The molecule has 0 bridgehead atoms. The molecule has 0 saturated heterocycles. The number of carbonyl (C=O) groups excluding carboxylic acids is 1. The zero-order chi connectivity index (χ0) is 16.1. The van der Waals surface area contributed by atoms with Crippen molar-refractivity contribution in [3.05, 3.63) is 65.2 Å². The van der Waals surface area contributed by atoms with Gasteiger partial charge in [0, 0.05) is 10.9 Å². The first kappa shape index (κ1) is 15.9. The molecule has 1 amide bonds. The third-order valence-corrected chi connectivity index (χ3v) is 4.37. The van der Waals surface area contributed by atoms with Crippen molar-refractivity contribution in [2.24, 2.45) is 0 Å². The number of hydrogen-bond donors (Lipinski definition) is 0. The van der Waals surface area contributed by atoms with E-state index in [-0.39, 0.29) is 12.7 Å². The van der Waals surface area contributed by atoms with Crippen LogP contribution >= 0.6 is 15.9 Å². The number of hydrogen-bond acceptors (Lipinski definition) is 3. The summed E-state index contributed by atoms with van der Waals surface area (Å²) < 4.78 is 11.1. The highest BCUT2D eigenvalue weighted by molar-refractivity contribution is 9.08. The lowest BCUT2D eigenvalue weighted by molar-refractivity contribution is 0.0913. The number of amides is 1. The Hall–Kier alpha value is -2.01. The van der Waals surface area contributed by atoms with Crippen molar-refractivity contribution in [3.63, 3.8) is 0 Å². The lowest BCUT2D eigenvalue weighted by atomic mass is 10.1. The zero-order valence-electron chi connectivity index (χ0n) is 12.7. The van der Waals surface area contributed by atoms with E-state index in [1.54, 1.807) is 4.90 Å². The number of fused-ring (bicyclic) bond motifs is 1. The number of rotatable bonds is 3. The molecular formula is C18H18BrNO3. The summed E-state index contributed by atoms with van der Waals surface area (Å²) in [5, 5.41) is 0.777. The monoisotopic (exact) mass is 375 g/mol. The van der Waals surface area contributed by atoms with Crippen LogP contribution in [0.2, 0.25) is 0 Å². The molecule has 1 aliphatic heterocycles. The molecule has 2 aromatic rings. The van der Waals surface area contributed by atoms with Gasteiger partial charge in [-0.15, -0.1) is 0 Å². The van der Waals surface area contributed by atoms with Gasteiger partial charge in [0.25, 0.3) is 0 Å². The summed E-state index contributed by atoms with van der Waals surface area (Å²) in [5.74, 6) is 0.841. The minimum atomic E-state index is -0.311. The third-order valence-electron chi connectivity index (χ3n) is 3.72. The van der Waals surface area contributed by atoms with Gasteiger partial charge < -0.3 is 14.4 Å². The van der Waals surface area contributed by atoms with Crippen LogP contribution in [0.5, 0.6) is 5.75 Å². The zero-order valence-corrected chi connectivity index (χ0v) is 14.3. The average Bonchev–Trinajstić information content (AvgIpc) is 2.82. The standard InChI is InChI=1S/C18H18BrNO3/c19-11-15-6-7-17-16(10-15)12-20(8-9-22-17)18(21)23-13-14-4-2-1-3-5-14/h1-7,10H,8-9,11-13H2. The predicted octanol–water partition coefficient (Wildman–Crippen LogP) is 4.11. The summed E-state index contributed by atoms with van der Waals surface area (Å²) in [5.41, 5.74) is 3.15. The molecule has 23 heavy (non-hydrogen) atoms.